The van der Waals surface area contributed by atoms with Gasteiger partial charge < -0.3 is 10.3 Å². The molecule has 1 heterocycles. The molecule has 0 aliphatic carbocycles. The van der Waals surface area contributed by atoms with Crippen LogP contribution in [0, 0.1) is 13.8 Å². The van der Waals surface area contributed by atoms with Crippen LogP contribution in [-0.2, 0) is 4.79 Å². The van der Waals surface area contributed by atoms with Gasteiger partial charge in [0.1, 0.15) is 0 Å². The summed E-state index contributed by atoms with van der Waals surface area (Å²) in [6.07, 6.45) is 0. The van der Waals surface area contributed by atoms with Gasteiger partial charge in [-0.3, -0.25) is 4.79 Å². The molecule has 3 rings (SSSR count). The Labute approximate surface area is 147 Å². The largest absolute Gasteiger partial charge is 0.333 e. The van der Waals surface area contributed by atoms with Gasteiger partial charge >= 0.3 is 0 Å². The van der Waals surface area contributed by atoms with Crippen LogP contribution in [0.15, 0.2) is 46.0 Å². The second kappa shape index (κ2) is 6.76. The van der Waals surface area contributed by atoms with Crippen molar-refractivity contribution in [2.75, 3.05) is 11.1 Å². The summed E-state index contributed by atoms with van der Waals surface area (Å²) in [5, 5.41) is 3.66. The van der Waals surface area contributed by atoms with Gasteiger partial charge in [-0.2, -0.15) is 0 Å². The van der Waals surface area contributed by atoms with Gasteiger partial charge in [0.15, 0.2) is 5.16 Å². The highest BCUT2D eigenvalue weighted by atomic mass is 79.9. The van der Waals surface area contributed by atoms with Crippen LogP contribution in [0.3, 0.4) is 0 Å². The summed E-state index contributed by atoms with van der Waals surface area (Å²) in [5.74, 6) is 0.266. The number of carbonyl (C=O) groups is 1. The van der Waals surface area contributed by atoms with Crippen molar-refractivity contribution in [3.05, 3.63) is 52.0 Å². The lowest BCUT2D eigenvalue weighted by Crippen LogP contribution is -2.14. The number of rotatable bonds is 4. The molecule has 0 bridgehead atoms. The Balaban J connectivity index is 1.62. The SMILES string of the molecule is Cc1ccc2nc(SCC(=O)Nc3ccc(Br)c(C)c3)[nH]c2c1. The summed E-state index contributed by atoms with van der Waals surface area (Å²) in [6, 6.07) is 11.8. The van der Waals surface area contributed by atoms with Crippen molar-refractivity contribution in [2.24, 2.45) is 0 Å². The smallest absolute Gasteiger partial charge is 0.234 e. The fourth-order valence-electron chi connectivity index (χ4n) is 2.22. The fraction of sp³-hybridized carbons (Fsp3) is 0.176. The van der Waals surface area contributed by atoms with Crippen LogP contribution < -0.4 is 5.32 Å². The van der Waals surface area contributed by atoms with Crippen LogP contribution in [0.4, 0.5) is 5.69 Å². The molecule has 3 aromatic rings. The Hall–Kier alpha value is -1.79. The standard InChI is InChI=1S/C17H16BrN3OS/c1-10-3-6-14-15(7-10)21-17(20-14)23-9-16(22)19-12-4-5-13(18)11(2)8-12/h3-8H,9H2,1-2H3,(H,19,22)(H,20,21). The zero-order valence-corrected chi connectivity index (χ0v) is 15.2. The average molecular weight is 390 g/mol. The van der Waals surface area contributed by atoms with Crippen molar-refractivity contribution < 1.29 is 4.79 Å². The number of aryl methyl sites for hydroxylation is 2. The van der Waals surface area contributed by atoms with E-state index in [1.54, 1.807) is 0 Å². The fourth-order valence-corrected chi connectivity index (χ4v) is 3.15. The molecule has 0 aliphatic rings. The Bertz CT molecular complexity index is 875. The first-order valence-corrected chi connectivity index (χ1v) is 8.94. The maximum Gasteiger partial charge on any atom is 0.234 e. The van der Waals surface area contributed by atoms with E-state index in [0.29, 0.717) is 5.75 Å². The quantitative estimate of drug-likeness (QED) is 0.637. The monoisotopic (exact) mass is 389 g/mol. The van der Waals surface area contributed by atoms with E-state index in [1.165, 1.54) is 17.3 Å². The number of nitrogens with zero attached hydrogens (tertiary/aromatic N) is 1. The van der Waals surface area contributed by atoms with Crippen molar-refractivity contribution >= 4 is 50.3 Å². The minimum atomic E-state index is -0.0478. The number of nitrogens with one attached hydrogen (secondary N) is 2. The zero-order valence-electron chi connectivity index (χ0n) is 12.8. The number of benzene rings is 2. The summed E-state index contributed by atoms with van der Waals surface area (Å²) in [5.41, 5.74) is 4.99. The lowest BCUT2D eigenvalue weighted by atomic mass is 10.2. The number of hydrogen-bond acceptors (Lipinski definition) is 3. The lowest BCUT2D eigenvalue weighted by molar-refractivity contribution is -0.113. The average Bonchev–Trinajstić information content (AvgIpc) is 2.91. The molecule has 0 saturated carbocycles. The number of H-pyrrole nitrogens is 1. The van der Waals surface area contributed by atoms with Crippen LogP contribution >= 0.6 is 27.7 Å². The van der Waals surface area contributed by atoms with Crippen LogP contribution in [-0.4, -0.2) is 21.6 Å². The van der Waals surface area contributed by atoms with Gasteiger partial charge in [-0.25, -0.2) is 4.98 Å². The summed E-state index contributed by atoms with van der Waals surface area (Å²) < 4.78 is 1.03. The Morgan fingerprint density at radius 3 is 2.87 bits per heavy atom. The molecule has 0 saturated heterocycles. The van der Waals surface area contributed by atoms with Gasteiger partial charge in [-0.1, -0.05) is 33.8 Å². The maximum absolute atomic E-state index is 12.1. The molecule has 118 valence electrons. The van der Waals surface area contributed by atoms with Crippen molar-refractivity contribution in [2.45, 2.75) is 19.0 Å². The van der Waals surface area contributed by atoms with E-state index in [2.05, 4.69) is 37.3 Å². The number of aromatic nitrogens is 2. The first kappa shape index (κ1) is 16.1. The van der Waals surface area contributed by atoms with E-state index >= 15 is 0 Å². The topological polar surface area (TPSA) is 57.8 Å². The molecule has 2 aromatic carbocycles. The van der Waals surface area contributed by atoms with E-state index in [0.717, 1.165) is 31.9 Å². The lowest BCUT2D eigenvalue weighted by Gasteiger charge is -2.06. The number of halogens is 1. The molecular weight excluding hydrogens is 374 g/mol. The molecule has 0 atom stereocenters. The summed E-state index contributed by atoms with van der Waals surface area (Å²) >= 11 is 4.85. The zero-order chi connectivity index (χ0) is 16.4. The molecule has 0 fully saturated rings. The van der Waals surface area contributed by atoms with Gasteiger partial charge in [0.25, 0.3) is 0 Å². The van der Waals surface area contributed by atoms with Crippen molar-refractivity contribution in [1.82, 2.24) is 9.97 Å². The summed E-state index contributed by atoms with van der Waals surface area (Å²) in [6.45, 7) is 4.03. The first-order chi connectivity index (χ1) is 11.0. The van der Waals surface area contributed by atoms with E-state index in [4.69, 9.17) is 0 Å². The third kappa shape index (κ3) is 3.95. The molecule has 4 nitrogen and oxygen atoms in total. The number of aromatic amines is 1. The van der Waals surface area contributed by atoms with Crippen molar-refractivity contribution in [3.63, 3.8) is 0 Å². The third-order valence-electron chi connectivity index (χ3n) is 3.40. The number of carbonyl (C=O) groups excluding carboxylic acids is 1. The Kier molecular flexibility index (Phi) is 4.73. The summed E-state index contributed by atoms with van der Waals surface area (Å²) in [4.78, 5) is 19.8. The molecule has 23 heavy (non-hydrogen) atoms. The number of anilines is 1. The van der Waals surface area contributed by atoms with Crippen LogP contribution in [0.2, 0.25) is 0 Å². The highest BCUT2D eigenvalue weighted by Gasteiger charge is 2.08. The molecule has 0 radical (unpaired) electrons. The van der Waals surface area contributed by atoms with E-state index in [1.807, 2.05) is 44.2 Å². The third-order valence-corrected chi connectivity index (χ3v) is 5.16. The van der Waals surface area contributed by atoms with Gasteiger partial charge in [-0.05, 0) is 55.3 Å². The van der Waals surface area contributed by atoms with E-state index in [9.17, 15) is 4.79 Å². The van der Waals surface area contributed by atoms with Crippen LogP contribution in [0.5, 0.6) is 0 Å². The van der Waals surface area contributed by atoms with Crippen molar-refractivity contribution in [1.29, 1.82) is 0 Å². The molecule has 2 N–H and O–H groups in total. The van der Waals surface area contributed by atoms with E-state index < -0.39 is 0 Å². The highest BCUT2D eigenvalue weighted by molar-refractivity contribution is 9.10. The maximum atomic E-state index is 12.1. The van der Waals surface area contributed by atoms with Crippen LogP contribution in [0.25, 0.3) is 11.0 Å². The second-order valence-electron chi connectivity index (χ2n) is 5.36. The van der Waals surface area contributed by atoms with Crippen molar-refractivity contribution in [3.8, 4) is 0 Å². The molecule has 6 heteroatoms. The number of hydrogen-bond donors (Lipinski definition) is 2. The first-order valence-electron chi connectivity index (χ1n) is 7.16. The molecular formula is C17H16BrN3OS. The summed E-state index contributed by atoms with van der Waals surface area (Å²) in [7, 11) is 0. The highest BCUT2D eigenvalue weighted by Crippen LogP contribution is 2.22. The molecule has 0 spiro atoms. The minimum Gasteiger partial charge on any atom is -0.333 e. The minimum absolute atomic E-state index is 0.0478. The predicted octanol–water partition coefficient (Wildman–Crippen LogP) is 4.67. The van der Waals surface area contributed by atoms with Crippen LogP contribution in [0.1, 0.15) is 11.1 Å². The molecule has 1 aromatic heterocycles. The van der Waals surface area contributed by atoms with Gasteiger partial charge in [-0.15, -0.1) is 0 Å². The van der Waals surface area contributed by atoms with Gasteiger partial charge in [0.05, 0.1) is 16.8 Å². The Morgan fingerprint density at radius 2 is 2.09 bits per heavy atom. The van der Waals surface area contributed by atoms with Gasteiger partial charge in [0, 0.05) is 10.2 Å². The second-order valence-corrected chi connectivity index (χ2v) is 7.18. The molecule has 0 aliphatic heterocycles. The Morgan fingerprint density at radius 1 is 1.26 bits per heavy atom. The van der Waals surface area contributed by atoms with E-state index in [-0.39, 0.29) is 5.91 Å². The number of thioether (sulfide) groups is 1. The number of imidazole rings is 1. The van der Waals surface area contributed by atoms with Gasteiger partial charge in [0.2, 0.25) is 5.91 Å². The molecule has 0 unspecified atom stereocenters. The molecule has 1 amide bonds. The number of amides is 1. The number of fused-ring (bicyclic) bond motifs is 1. The predicted molar refractivity (Wildman–Crippen MR) is 99.1 cm³/mol. The normalized spacial score (nSPS) is 10.9.